The van der Waals surface area contributed by atoms with Gasteiger partial charge in [0.15, 0.2) is 0 Å². The highest BCUT2D eigenvalue weighted by Crippen LogP contribution is 2.16. The van der Waals surface area contributed by atoms with Gasteiger partial charge in [-0.1, -0.05) is 12.1 Å². The van der Waals surface area contributed by atoms with Crippen LogP contribution in [0, 0.1) is 6.92 Å². The SMILES string of the molecule is Cc1ccc(N)cc1C(=O)NC1CCN(Cc2ccccn2)CC1. The lowest BCUT2D eigenvalue weighted by Crippen LogP contribution is -2.44. The highest BCUT2D eigenvalue weighted by molar-refractivity contribution is 5.96. The number of rotatable bonds is 4. The van der Waals surface area contributed by atoms with Gasteiger partial charge in [0.1, 0.15) is 0 Å². The number of amides is 1. The van der Waals surface area contributed by atoms with E-state index < -0.39 is 0 Å². The van der Waals surface area contributed by atoms with Crippen molar-refractivity contribution in [1.29, 1.82) is 0 Å². The van der Waals surface area contributed by atoms with Crippen molar-refractivity contribution in [3.63, 3.8) is 0 Å². The monoisotopic (exact) mass is 324 g/mol. The van der Waals surface area contributed by atoms with Gasteiger partial charge in [-0.25, -0.2) is 0 Å². The molecule has 3 N–H and O–H groups in total. The number of aromatic nitrogens is 1. The lowest BCUT2D eigenvalue weighted by molar-refractivity contribution is 0.0908. The van der Waals surface area contributed by atoms with Gasteiger partial charge in [-0.2, -0.15) is 0 Å². The third kappa shape index (κ3) is 4.11. The summed E-state index contributed by atoms with van der Waals surface area (Å²) in [6, 6.07) is 11.7. The minimum absolute atomic E-state index is 0.0250. The summed E-state index contributed by atoms with van der Waals surface area (Å²) in [6.45, 7) is 4.74. The van der Waals surface area contributed by atoms with E-state index in [1.165, 1.54) is 0 Å². The Morgan fingerprint density at radius 2 is 2.08 bits per heavy atom. The van der Waals surface area contributed by atoms with Crippen LogP contribution in [-0.2, 0) is 6.54 Å². The van der Waals surface area contributed by atoms with Crippen LogP contribution in [0.2, 0.25) is 0 Å². The fourth-order valence-corrected chi connectivity index (χ4v) is 3.10. The molecule has 0 saturated carbocycles. The largest absolute Gasteiger partial charge is 0.399 e. The fraction of sp³-hybridized carbons (Fsp3) is 0.368. The number of anilines is 1. The summed E-state index contributed by atoms with van der Waals surface area (Å²) in [7, 11) is 0. The maximum Gasteiger partial charge on any atom is 0.251 e. The van der Waals surface area contributed by atoms with E-state index in [-0.39, 0.29) is 11.9 Å². The molecule has 1 saturated heterocycles. The van der Waals surface area contributed by atoms with Crippen molar-refractivity contribution < 1.29 is 4.79 Å². The van der Waals surface area contributed by atoms with Gasteiger partial charge >= 0.3 is 0 Å². The Morgan fingerprint density at radius 1 is 1.29 bits per heavy atom. The van der Waals surface area contributed by atoms with Crippen LogP contribution < -0.4 is 11.1 Å². The first-order valence-electron chi connectivity index (χ1n) is 8.41. The summed E-state index contributed by atoms with van der Waals surface area (Å²) in [6.07, 6.45) is 3.75. The number of carbonyl (C=O) groups excluding carboxylic acids is 1. The number of aryl methyl sites for hydroxylation is 1. The number of carbonyl (C=O) groups is 1. The first-order valence-corrected chi connectivity index (χ1v) is 8.41. The first kappa shape index (κ1) is 16.5. The molecule has 5 heteroatoms. The number of nitrogens with one attached hydrogen (secondary N) is 1. The van der Waals surface area contributed by atoms with Gasteiger partial charge in [0.2, 0.25) is 0 Å². The van der Waals surface area contributed by atoms with Crippen molar-refractivity contribution in [2.24, 2.45) is 0 Å². The van der Waals surface area contributed by atoms with E-state index in [1.54, 1.807) is 6.07 Å². The molecule has 0 unspecified atom stereocenters. The molecule has 0 atom stereocenters. The summed E-state index contributed by atoms with van der Waals surface area (Å²) in [5.41, 5.74) is 9.14. The van der Waals surface area contributed by atoms with Gasteiger partial charge < -0.3 is 11.1 Å². The van der Waals surface area contributed by atoms with E-state index in [9.17, 15) is 4.79 Å². The lowest BCUT2D eigenvalue weighted by atomic mass is 10.0. The third-order valence-electron chi connectivity index (χ3n) is 4.54. The van der Waals surface area contributed by atoms with E-state index in [4.69, 9.17) is 5.73 Å². The van der Waals surface area contributed by atoms with Crippen LogP contribution in [0.1, 0.15) is 34.5 Å². The second kappa shape index (κ2) is 7.45. The quantitative estimate of drug-likeness (QED) is 0.847. The molecule has 1 amide bonds. The molecule has 24 heavy (non-hydrogen) atoms. The molecule has 1 aromatic carbocycles. The average molecular weight is 324 g/mol. The van der Waals surface area contributed by atoms with E-state index in [1.807, 2.05) is 37.4 Å². The predicted molar refractivity (Wildman–Crippen MR) is 95.6 cm³/mol. The molecule has 126 valence electrons. The van der Waals surface area contributed by atoms with Crippen LogP contribution in [0.15, 0.2) is 42.6 Å². The van der Waals surface area contributed by atoms with E-state index >= 15 is 0 Å². The Kier molecular flexibility index (Phi) is 5.11. The van der Waals surface area contributed by atoms with E-state index in [0.29, 0.717) is 11.3 Å². The molecule has 3 rings (SSSR count). The van der Waals surface area contributed by atoms with Gasteiger partial charge in [0, 0.05) is 43.1 Å². The minimum atomic E-state index is -0.0250. The Morgan fingerprint density at radius 3 is 2.79 bits per heavy atom. The Hall–Kier alpha value is -2.40. The van der Waals surface area contributed by atoms with Crippen LogP contribution >= 0.6 is 0 Å². The number of piperidine rings is 1. The van der Waals surface area contributed by atoms with Crippen LogP contribution in [-0.4, -0.2) is 34.9 Å². The fourth-order valence-electron chi connectivity index (χ4n) is 3.10. The predicted octanol–water partition coefficient (Wildman–Crippen LogP) is 2.37. The number of nitrogens with two attached hydrogens (primary N) is 1. The minimum Gasteiger partial charge on any atom is -0.399 e. The number of benzene rings is 1. The van der Waals surface area contributed by atoms with E-state index in [2.05, 4.69) is 21.3 Å². The molecular weight excluding hydrogens is 300 g/mol. The molecule has 1 aliphatic rings. The number of nitrogens with zero attached hydrogens (tertiary/aromatic N) is 2. The molecule has 2 aromatic rings. The number of nitrogen functional groups attached to an aromatic ring is 1. The topological polar surface area (TPSA) is 71.2 Å². The molecule has 1 aromatic heterocycles. The second-order valence-electron chi connectivity index (χ2n) is 6.42. The van der Waals surface area contributed by atoms with Gasteiger partial charge in [-0.3, -0.25) is 14.7 Å². The van der Waals surface area contributed by atoms with Crippen molar-refractivity contribution >= 4 is 11.6 Å². The maximum absolute atomic E-state index is 12.5. The van der Waals surface area contributed by atoms with Crippen molar-refractivity contribution in [3.8, 4) is 0 Å². The lowest BCUT2D eigenvalue weighted by Gasteiger charge is -2.32. The summed E-state index contributed by atoms with van der Waals surface area (Å²) >= 11 is 0. The molecule has 0 spiro atoms. The van der Waals surface area contributed by atoms with Gasteiger partial charge in [-0.05, 0) is 49.6 Å². The number of likely N-dealkylation sites (tertiary alicyclic amines) is 1. The van der Waals surface area contributed by atoms with E-state index in [0.717, 1.165) is 43.7 Å². The van der Waals surface area contributed by atoms with Crippen LogP contribution in [0.3, 0.4) is 0 Å². The zero-order valence-electron chi connectivity index (χ0n) is 14.0. The standard InChI is InChI=1S/C19H24N4O/c1-14-5-6-15(20)12-18(14)19(24)22-16-7-10-23(11-8-16)13-17-4-2-3-9-21-17/h2-6,9,12,16H,7-8,10-11,13,20H2,1H3,(H,22,24). The summed E-state index contributed by atoms with van der Waals surface area (Å²) < 4.78 is 0. The maximum atomic E-state index is 12.5. The number of hydrogen-bond acceptors (Lipinski definition) is 4. The van der Waals surface area contributed by atoms with Crippen molar-refractivity contribution in [2.75, 3.05) is 18.8 Å². The number of pyridine rings is 1. The molecule has 0 bridgehead atoms. The molecule has 0 aliphatic carbocycles. The summed E-state index contributed by atoms with van der Waals surface area (Å²) in [5.74, 6) is -0.0250. The molecule has 0 radical (unpaired) electrons. The Balaban J connectivity index is 1.52. The summed E-state index contributed by atoms with van der Waals surface area (Å²) in [5, 5.41) is 3.15. The molecule has 1 fully saturated rings. The zero-order valence-corrected chi connectivity index (χ0v) is 14.0. The summed E-state index contributed by atoms with van der Waals surface area (Å²) in [4.78, 5) is 19.2. The molecule has 5 nitrogen and oxygen atoms in total. The molecule has 1 aliphatic heterocycles. The third-order valence-corrected chi connectivity index (χ3v) is 4.54. The highest BCUT2D eigenvalue weighted by Gasteiger charge is 2.22. The van der Waals surface area contributed by atoms with Gasteiger partial charge in [0.05, 0.1) is 5.69 Å². The van der Waals surface area contributed by atoms with Crippen molar-refractivity contribution in [2.45, 2.75) is 32.4 Å². The normalized spacial score (nSPS) is 16.0. The second-order valence-corrected chi connectivity index (χ2v) is 6.42. The highest BCUT2D eigenvalue weighted by atomic mass is 16.1. The molecule has 2 heterocycles. The van der Waals surface area contributed by atoms with Gasteiger partial charge in [-0.15, -0.1) is 0 Å². The first-order chi connectivity index (χ1) is 11.6. The van der Waals surface area contributed by atoms with Crippen molar-refractivity contribution in [1.82, 2.24) is 15.2 Å². The van der Waals surface area contributed by atoms with Crippen LogP contribution in [0.4, 0.5) is 5.69 Å². The Bertz CT molecular complexity index is 694. The zero-order chi connectivity index (χ0) is 16.9. The number of hydrogen-bond donors (Lipinski definition) is 2. The van der Waals surface area contributed by atoms with Crippen LogP contribution in [0.5, 0.6) is 0 Å². The van der Waals surface area contributed by atoms with Crippen LogP contribution in [0.25, 0.3) is 0 Å². The van der Waals surface area contributed by atoms with Crippen molar-refractivity contribution in [3.05, 3.63) is 59.4 Å². The average Bonchev–Trinajstić information content (AvgIpc) is 2.59. The van der Waals surface area contributed by atoms with Gasteiger partial charge in [0.25, 0.3) is 5.91 Å². The smallest absolute Gasteiger partial charge is 0.251 e. The Labute approximate surface area is 142 Å². The molecular formula is C19H24N4O.